The Morgan fingerprint density at radius 3 is 2.86 bits per heavy atom. The average molecular weight is 194 g/mol. The number of furan rings is 1. The highest BCUT2D eigenvalue weighted by Crippen LogP contribution is 2.29. The van der Waals surface area contributed by atoms with E-state index in [-0.39, 0.29) is 17.2 Å². The molecule has 14 heavy (non-hydrogen) atoms. The second kappa shape index (κ2) is 2.99. The highest BCUT2D eigenvalue weighted by molar-refractivity contribution is 5.95. The van der Waals surface area contributed by atoms with Gasteiger partial charge in [-0.15, -0.1) is 0 Å². The van der Waals surface area contributed by atoms with Gasteiger partial charge in [0.15, 0.2) is 5.52 Å². The summed E-state index contributed by atoms with van der Waals surface area (Å²) in [4.78, 5) is 18.5. The number of rotatable bonds is 2. The van der Waals surface area contributed by atoms with Crippen molar-refractivity contribution in [1.82, 2.24) is 9.97 Å². The van der Waals surface area contributed by atoms with Crippen molar-refractivity contribution < 1.29 is 19.1 Å². The van der Waals surface area contributed by atoms with E-state index in [1.165, 1.54) is 19.5 Å². The number of ether oxygens (including phenoxy) is 1. The number of carbonyl (C=O) groups is 1. The highest BCUT2D eigenvalue weighted by atomic mass is 16.5. The van der Waals surface area contributed by atoms with Crippen LogP contribution in [0.5, 0.6) is 5.75 Å². The van der Waals surface area contributed by atoms with Crippen molar-refractivity contribution >= 4 is 17.2 Å². The highest BCUT2D eigenvalue weighted by Gasteiger charge is 2.22. The zero-order valence-electron chi connectivity index (χ0n) is 7.22. The Hall–Kier alpha value is -2.11. The van der Waals surface area contributed by atoms with Crippen molar-refractivity contribution in [3.05, 3.63) is 18.2 Å². The summed E-state index contributed by atoms with van der Waals surface area (Å²) in [5.41, 5.74) is 0.467. The van der Waals surface area contributed by atoms with Crippen LogP contribution in [-0.2, 0) is 0 Å². The largest absolute Gasteiger partial charge is 0.490 e. The number of aromatic carboxylic acids is 1. The van der Waals surface area contributed by atoms with Crippen LogP contribution >= 0.6 is 0 Å². The van der Waals surface area contributed by atoms with E-state index < -0.39 is 5.97 Å². The molecule has 0 atom stereocenters. The van der Waals surface area contributed by atoms with Gasteiger partial charge in [-0.3, -0.25) is 0 Å². The van der Waals surface area contributed by atoms with Crippen molar-refractivity contribution in [3.8, 4) is 5.75 Å². The predicted octanol–water partition coefficient (Wildman–Crippen LogP) is 0.930. The van der Waals surface area contributed by atoms with Crippen LogP contribution in [0.4, 0.5) is 0 Å². The smallest absolute Gasteiger partial charge is 0.375 e. The number of methoxy groups -OCH3 is 1. The van der Waals surface area contributed by atoms with Gasteiger partial charge in [0.05, 0.1) is 7.11 Å². The van der Waals surface area contributed by atoms with Crippen LogP contribution in [0, 0.1) is 0 Å². The first kappa shape index (κ1) is 8.49. The first-order chi connectivity index (χ1) is 6.74. The molecule has 0 fully saturated rings. The zero-order chi connectivity index (χ0) is 10.1. The van der Waals surface area contributed by atoms with Crippen LogP contribution in [0.15, 0.2) is 16.8 Å². The van der Waals surface area contributed by atoms with E-state index in [0.29, 0.717) is 5.52 Å². The Morgan fingerprint density at radius 2 is 2.21 bits per heavy atom. The fraction of sp³-hybridized carbons (Fsp3) is 0.125. The van der Waals surface area contributed by atoms with Gasteiger partial charge in [0.1, 0.15) is 0 Å². The molecule has 0 aliphatic carbocycles. The lowest BCUT2D eigenvalue weighted by molar-refractivity contribution is 0.0659. The van der Waals surface area contributed by atoms with Crippen molar-refractivity contribution in [2.24, 2.45) is 0 Å². The molecule has 0 saturated heterocycles. The Balaban J connectivity index is 2.78. The van der Waals surface area contributed by atoms with Crippen LogP contribution < -0.4 is 4.74 Å². The summed E-state index contributed by atoms with van der Waals surface area (Å²) in [7, 11) is 1.35. The Labute approximate surface area is 78.1 Å². The van der Waals surface area contributed by atoms with Crippen molar-refractivity contribution in [2.45, 2.75) is 0 Å². The minimum atomic E-state index is -1.21. The van der Waals surface area contributed by atoms with Gasteiger partial charge in [-0.25, -0.2) is 14.8 Å². The van der Waals surface area contributed by atoms with E-state index in [0.717, 1.165) is 0 Å². The minimum Gasteiger partial charge on any atom is -0.490 e. The number of carboxylic acids is 1. The molecule has 2 rings (SSSR count). The second-order valence-corrected chi connectivity index (χ2v) is 2.48. The molecule has 1 N–H and O–H groups in total. The number of aromatic nitrogens is 2. The molecule has 2 heterocycles. The van der Waals surface area contributed by atoms with E-state index in [2.05, 4.69) is 9.97 Å². The molecule has 0 aliphatic rings. The lowest BCUT2D eigenvalue weighted by atomic mass is 10.4. The molecule has 2 aromatic heterocycles. The molecule has 6 nitrogen and oxygen atoms in total. The van der Waals surface area contributed by atoms with Crippen LogP contribution in [-0.4, -0.2) is 28.2 Å². The lowest BCUT2D eigenvalue weighted by Gasteiger charge is -1.94. The summed E-state index contributed by atoms with van der Waals surface area (Å²) in [6.45, 7) is 0. The molecule has 0 saturated carbocycles. The van der Waals surface area contributed by atoms with Gasteiger partial charge in [0.25, 0.3) is 5.76 Å². The molecular weight excluding hydrogens is 188 g/mol. The van der Waals surface area contributed by atoms with Gasteiger partial charge in [-0.05, 0) is 0 Å². The summed E-state index contributed by atoms with van der Waals surface area (Å²) in [5.74, 6) is -1.39. The van der Waals surface area contributed by atoms with Gasteiger partial charge >= 0.3 is 5.97 Å². The van der Waals surface area contributed by atoms with Gasteiger partial charge in [-0.2, -0.15) is 0 Å². The monoisotopic (exact) mass is 194 g/mol. The van der Waals surface area contributed by atoms with Gasteiger partial charge in [0, 0.05) is 12.4 Å². The number of hydrogen-bond donors (Lipinski definition) is 1. The van der Waals surface area contributed by atoms with Crippen molar-refractivity contribution in [2.75, 3.05) is 7.11 Å². The summed E-state index contributed by atoms with van der Waals surface area (Å²) >= 11 is 0. The van der Waals surface area contributed by atoms with Crippen LogP contribution in [0.3, 0.4) is 0 Å². The molecule has 2 aromatic rings. The quantitative estimate of drug-likeness (QED) is 0.765. The second-order valence-electron chi connectivity index (χ2n) is 2.48. The lowest BCUT2D eigenvalue weighted by Crippen LogP contribution is -1.96. The van der Waals surface area contributed by atoms with Crippen molar-refractivity contribution in [3.63, 3.8) is 0 Å². The standard InChI is InChI=1S/C8H6N2O4/c1-13-5-4-7(10-3-2-9-4)14-6(5)8(11)12/h2-3H,1H3,(H,11,12). The number of nitrogens with zero attached hydrogens (tertiary/aromatic N) is 2. The van der Waals surface area contributed by atoms with E-state index in [1.807, 2.05) is 0 Å². The fourth-order valence-corrected chi connectivity index (χ4v) is 1.14. The third kappa shape index (κ3) is 1.08. The molecule has 0 bridgehead atoms. The van der Waals surface area contributed by atoms with Gasteiger partial charge in [-0.1, -0.05) is 0 Å². The third-order valence-corrected chi connectivity index (χ3v) is 1.68. The molecule has 6 heteroatoms. The van der Waals surface area contributed by atoms with E-state index in [9.17, 15) is 4.79 Å². The molecule has 0 aromatic carbocycles. The minimum absolute atomic E-state index is 0.0978. The fourth-order valence-electron chi connectivity index (χ4n) is 1.14. The molecule has 0 radical (unpaired) electrons. The zero-order valence-corrected chi connectivity index (χ0v) is 7.22. The Bertz CT molecular complexity index is 491. The topological polar surface area (TPSA) is 85.5 Å². The summed E-state index contributed by atoms with van der Waals surface area (Å²) < 4.78 is 9.84. The first-order valence-electron chi connectivity index (χ1n) is 3.75. The van der Waals surface area contributed by atoms with Gasteiger partial charge in [0.2, 0.25) is 11.5 Å². The predicted molar refractivity (Wildman–Crippen MR) is 45.3 cm³/mol. The number of carboxylic acid groups (broad SMARTS) is 1. The maximum Gasteiger partial charge on any atom is 0.375 e. The molecule has 0 aliphatic heterocycles. The normalized spacial score (nSPS) is 10.4. The van der Waals surface area contributed by atoms with E-state index >= 15 is 0 Å². The maximum atomic E-state index is 10.7. The molecule has 0 spiro atoms. The average Bonchev–Trinajstić information content (AvgIpc) is 2.56. The molecule has 72 valence electrons. The Kier molecular flexibility index (Phi) is 1.81. The summed E-state index contributed by atoms with van der Waals surface area (Å²) in [6.07, 6.45) is 2.85. The van der Waals surface area contributed by atoms with E-state index in [4.69, 9.17) is 14.3 Å². The third-order valence-electron chi connectivity index (χ3n) is 1.68. The van der Waals surface area contributed by atoms with Crippen LogP contribution in [0.25, 0.3) is 11.2 Å². The summed E-state index contributed by atoms with van der Waals surface area (Å²) in [6, 6.07) is 0. The first-order valence-corrected chi connectivity index (χ1v) is 3.75. The van der Waals surface area contributed by atoms with Crippen LogP contribution in [0.1, 0.15) is 10.6 Å². The van der Waals surface area contributed by atoms with Gasteiger partial charge < -0.3 is 14.3 Å². The summed E-state index contributed by atoms with van der Waals surface area (Å²) in [5, 5.41) is 8.77. The molecular formula is C8H6N2O4. The number of fused-ring (bicyclic) bond motifs is 1. The Morgan fingerprint density at radius 1 is 1.50 bits per heavy atom. The maximum absolute atomic E-state index is 10.7. The van der Waals surface area contributed by atoms with E-state index in [1.54, 1.807) is 0 Å². The number of hydrogen-bond acceptors (Lipinski definition) is 5. The molecule has 0 amide bonds. The SMILES string of the molecule is COc1c(C(=O)O)oc2nccnc12. The van der Waals surface area contributed by atoms with Crippen molar-refractivity contribution in [1.29, 1.82) is 0 Å². The van der Waals surface area contributed by atoms with Crippen LogP contribution in [0.2, 0.25) is 0 Å². The molecule has 0 unspecified atom stereocenters.